The molecule has 0 spiro atoms. The van der Waals surface area contributed by atoms with Gasteiger partial charge in [0.15, 0.2) is 0 Å². The average Bonchev–Trinajstić information content (AvgIpc) is 2.92. The molecule has 0 aliphatic heterocycles. The highest BCUT2D eigenvalue weighted by molar-refractivity contribution is 4.81. The Bertz CT molecular complexity index is 280. The van der Waals surface area contributed by atoms with Crippen molar-refractivity contribution in [2.24, 2.45) is 5.92 Å². The minimum absolute atomic E-state index is 0.534. The molecule has 1 aromatic rings. The average molecular weight is 254 g/mol. The predicted octanol–water partition coefficient (Wildman–Crippen LogP) is 2.91. The summed E-state index contributed by atoms with van der Waals surface area (Å²) in [7, 11) is 3.53. The van der Waals surface area contributed by atoms with E-state index in [9.17, 15) is 0 Å². The molecule has 4 nitrogen and oxygen atoms in total. The topological polar surface area (TPSA) is 36.3 Å². The van der Waals surface area contributed by atoms with E-state index in [1.165, 1.54) is 6.42 Å². The van der Waals surface area contributed by atoms with Crippen LogP contribution in [-0.4, -0.2) is 37.0 Å². The van der Waals surface area contributed by atoms with E-state index >= 15 is 0 Å². The van der Waals surface area contributed by atoms with Gasteiger partial charge in [0.05, 0.1) is 6.33 Å². The Kier molecular flexibility index (Phi) is 7.69. The largest absolute Gasteiger partial charge is 0.385 e. The SMILES string of the molecule is CCC(CC(CCOC)CCOC)n1ccnc1. The van der Waals surface area contributed by atoms with Gasteiger partial charge in [-0.3, -0.25) is 0 Å². The third-order valence-electron chi connectivity index (χ3n) is 3.48. The van der Waals surface area contributed by atoms with Gasteiger partial charge in [-0.05, 0) is 31.6 Å². The maximum Gasteiger partial charge on any atom is 0.0948 e. The van der Waals surface area contributed by atoms with Crippen molar-refractivity contribution in [2.75, 3.05) is 27.4 Å². The van der Waals surface area contributed by atoms with Crippen LogP contribution in [0.15, 0.2) is 18.7 Å². The first-order valence-corrected chi connectivity index (χ1v) is 6.77. The highest BCUT2D eigenvalue weighted by Gasteiger charge is 2.16. The Labute approximate surface area is 110 Å². The van der Waals surface area contributed by atoms with Gasteiger partial charge in [0.25, 0.3) is 0 Å². The zero-order valence-corrected chi connectivity index (χ0v) is 11.8. The van der Waals surface area contributed by atoms with Crippen LogP contribution in [0.1, 0.15) is 38.6 Å². The first-order chi connectivity index (χ1) is 8.81. The molecule has 1 unspecified atom stereocenters. The summed E-state index contributed by atoms with van der Waals surface area (Å²) in [5.74, 6) is 0.650. The summed E-state index contributed by atoms with van der Waals surface area (Å²) in [5, 5.41) is 0. The van der Waals surface area contributed by atoms with E-state index in [1.54, 1.807) is 14.2 Å². The zero-order chi connectivity index (χ0) is 13.2. The van der Waals surface area contributed by atoms with Crippen LogP contribution in [0.2, 0.25) is 0 Å². The molecule has 1 heterocycles. The van der Waals surface area contributed by atoms with E-state index in [0.717, 1.165) is 32.5 Å². The van der Waals surface area contributed by atoms with Gasteiger partial charge in [0.1, 0.15) is 0 Å². The fraction of sp³-hybridized carbons (Fsp3) is 0.786. The Balaban J connectivity index is 2.50. The first kappa shape index (κ1) is 15.2. The van der Waals surface area contributed by atoms with Crippen LogP contribution in [0, 0.1) is 5.92 Å². The van der Waals surface area contributed by atoms with E-state index in [2.05, 4.69) is 22.7 Å². The lowest BCUT2D eigenvalue weighted by molar-refractivity contribution is 0.137. The molecule has 4 heteroatoms. The van der Waals surface area contributed by atoms with Gasteiger partial charge in [-0.2, -0.15) is 0 Å². The van der Waals surface area contributed by atoms with Crippen molar-refractivity contribution in [3.05, 3.63) is 18.7 Å². The van der Waals surface area contributed by atoms with Gasteiger partial charge < -0.3 is 14.0 Å². The molecule has 0 aliphatic carbocycles. The molecule has 1 rings (SSSR count). The standard InChI is InChI=1S/C14H26N2O2/c1-4-14(16-8-7-15-12-16)11-13(5-9-17-2)6-10-18-3/h7-8,12-14H,4-6,9-11H2,1-3H3. The number of hydrogen-bond acceptors (Lipinski definition) is 3. The van der Waals surface area contributed by atoms with Crippen molar-refractivity contribution < 1.29 is 9.47 Å². The van der Waals surface area contributed by atoms with E-state index < -0.39 is 0 Å². The number of rotatable bonds is 10. The second kappa shape index (κ2) is 9.11. The molecule has 1 aromatic heterocycles. The number of methoxy groups -OCH3 is 2. The molecule has 0 aliphatic rings. The molecule has 1 atom stereocenters. The number of imidazole rings is 1. The summed E-state index contributed by atoms with van der Waals surface area (Å²) in [6.45, 7) is 3.89. The molecule has 0 N–H and O–H groups in total. The number of ether oxygens (including phenoxy) is 2. The summed E-state index contributed by atoms with van der Waals surface area (Å²) >= 11 is 0. The summed E-state index contributed by atoms with van der Waals surface area (Å²) < 4.78 is 12.6. The fourth-order valence-corrected chi connectivity index (χ4v) is 2.32. The lowest BCUT2D eigenvalue weighted by Crippen LogP contribution is -2.15. The van der Waals surface area contributed by atoms with Crippen molar-refractivity contribution in [3.8, 4) is 0 Å². The second-order valence-corrected chi connectivity index (χ2v) is 4.74. The van der Waals surface area contributed by atoms with Crippen molar-refractivity contribution >= 4 is 0 Å². The molecule has 0 fully saturated rings. The molecule has 0 aromatic carbocycles. The van der Waals surface area contributed by atoms with Crippen LogP contribution in [0.25, 0.3) is 0 Å². The molecule has 104 valence electrons. The van der Waals surface area contributed by atoms with Crippen LogP contribution < -0.4 is 0 Å². The quantitative estimate of drug-likeness (QED) is 0.644. The lowest BCUT2D eigenvalue weighted by atomic mass is 9.92. The van der Waals surface area contributed by atoms with E-state index in [4.69, 9.17) is 9.47 Å². The van der Waals surface area contributed by atoms with E-state index in [-0.39, 0.29) is 0 Å². The van der Waals surface area contributed by atoms with Gasteiger partial charge in [0, 0.05) is 45.9 Å². The van der Waals surface area contributed by atoms with Crippen LogP contribution in [0.3, 0.4) is 0 Å². The third kappa shape index (κ3) is 5.19. The Morgan fingerprint density at radius 1 is 1.17 bits per heavy atom. The monoisotopic (exact) mass is 254 g/mol. The van der Waals surface area contributed by atoms with Crippen molar-refractivity contribution in [3.63, 3.8) is 0 Å². The number of hydrogen-bond donors (Lipinski definition) is 0. The van der Waals surface area contributed by atoms with Gasteiger partial charge >= 0.3 is 0 Å². The molecule has 18 heavy (non-hydrogen) atoms. The summed E-state index contributed by atoms with van der Waals surface area (Å²) in [6.07, 6.45) is 10.3. The maximum absolute atomic E-state index is 5.20. The minimum atomic E-state index is 0.534. The fourth-order valence-electron chi connectivity index (χ4n) is 2.32. The van der Waals surface area contributed by atoms with E-state index in [0.29, 0.717) is 12.0 Å². The Hall–Kier alpha value is -0.870. The molecule has 0 bridgehead atoms. The summed E-state index contributed by atoms with van der Waals surface area (Å²) in [5.41, 5.74) is 0. The molecule has 0 saturated heterocycles. The normalized spacial score (nSPS) is 13.1. The molecule has 0 radical (unpaired) electrons. The van der Waals surface area contributed by atoms with Crippen molar-refractivity contribution in [2.45, 2.75) is 38.6 Å². The minimum Gasteiger partial charge on any atom is -0.385 e. The van der Waals surface area contributed by atoms with Gasteiger partial charge in [-0.25, -0.2) is 4.98 Å². The smallest absolute Gasteiger partial charge is 0.0948 e. The zero-order valence-electron chi connectivity index (χ0n) is 11.8. The molecular formula is C14H26N2O2. The van der Waals surface area contributed by atoms with Crippen LogP contribution in [0.5, 0.6) is 0 Å². The van der Waals surface area contributed by atoms with Crippen molar-refractivity contribution in [1.29, 1.82) is 0 Å². The predicted molar refractivity (Wildman–Crippen MR) is 72.6 cm³/mol. The van der Waals surface area contributed by atoms with Gasteiger partial charge in [0.2, 0.25) is 0 Å². The van der Waals surface area contributed by atoms with Crippen LogP contribution in [0.4, 0.5) is 0 Å². The molecule has 0 saturated carbocycles. The molecule has 0 amide bonds. The Morgan fingerprint density at radius 2 is 1.83 bits per heavy atom. The van der Waals surface area contributed by atoms with Crippen LogP contribution in [-0.2, 0) is 9.47 Å². The maximum atomic E-state index is 5.20. The Morgan fingerprint density at radius 3 is 2.28 bits per heavy atom. The molecular weight excluding hydrogens is 228 g/mol. The highest BCUT2D eigenvalue weighted by Crippen LogP contribution is 2.25. The van der Waals surface area contributed by atoms with Gasteiger partial charge in [-0.15, -0.1) is 0 Å². The second-order valence-electron chi connectivity index (χ2n) is 4.74. The van der Waals surface area contributed by atoms with E-state index in [1.807, 2.05) is 12.5 Å². The van der Waals surface area contributed by atoms with Crippen LogP contribution >= 0.6 is 0 Å². The summed E-state index contributed by atoms with van der Waals surface area (Å²) in [4.78, 5) is 4.14. The summed E-state index contributed by atoms with van der Waals surface area (Å²) in [6, 6.07) is 0.534. The number of aromatic nitrogens is 2. The highest BCUT2D eigenvalue weighted by atomic mass is 16.5. The number of nitrogens with zero attached hydrogens (tertiary/aromatic N) is 2. The first-order valence-electron chi connectivity index (χ1n) is 6.77. The third-order valence-corrected chi connectivity index (χ3v) is 3.48. The van der Waals surface area contributed by atoms with Gasteiger partial charge in [-0.1, -0.05) is 6.92 Å². The van der Waals surface area contributed by atoms with Crippen molar-refractivity contribution in [1.82, 2.24) is 9.55 Å². The lowest BCUT2D eigenvalue weighted by Gasteiger charge is -2.23.